The smallest absolute Gasteiger partial charge is 0.341 e. The fraction of sp³-hybridized carbons (Fsp3) is 0.375. The van der Waals surface area contributed by atoms with Crippen LogP contribution in [0.4, 0.5) is 5.69 Å². The molecular weight excluding hydrogens is 461 g/mol. The van der Waals surface area contributed by atoms with Crippen molar-refractivity contribution in [1.82, 2.24) is 15.4 Å². The zero-order chi connectivity index (χ0) is 21.3. The number of fused-ring (bicyclic) bond motifs is 1. The number of nitrogens with one attached hydrogen (secondary N) is 2. The van der Waals surface area contributed by atoms with Crippen LogP contribution in [0.3, 0.4) is 0 Å². The van der Waals surface area contributed by atoms with E-state index in [4.69, 9.17) is 0 Å². The van der Waals surface area contributed by atoms with Crippen molar-refractivity contribution < 1.29 is 14.2 Å². The Bertz CT molecular complexity index is 1090. The number of benzene rings is 1. The first-order valence-electron chi connectivity index (χ1n) is 11.1. The number of pyridine rings is 1. The summed E-state index contributed by atoms with van der Waals surface area (Å²) in [7, 11) is 0. The minimum Gasteiger partial charge on any atom is -0.371 e. The lowest BCUT2D eigenvalue weighted by Gasteiger charge is -2.37. The second kappa shape index (κ2) is 10.5. The summed E-state index contributed by atoms with van der Waals surface area (Å²) in [5.74, 6) is -0.0375. The fourth-order valence-corrected chi connectivity index (χ4v) is 5.00. The third-order valence-corrected chi connectivity index (χ3v) is 6.76. The van der Waals surface area contributed by atoms with Crippen molar-refractivity contribution in [3.63, 3.8) is 0 Å². The summed E-state index contributed by atoms with van der Waals surface area (Å²) < 4.78 is 0.0848. The maximum atomic E-state index is 13.6. The molecule has 2 aliphatic heterocycles. The normalized spacial score (nSPS) is 17.8. The molecule has 0 atom stereocenters. The number of amides is 2. The third kappa shape index (κ3) is 5.00. The molecule has 1 aromatic carbocycles. The number of piperidine rings is 1. The number of hydrogen-bond acceptors (Lipinski definition) is 4. The second-order valence-electron chi connectivity index (χ2n) is 8.65. The van der Waals surface area contributed by atoms with E-state index < -0.39 is 0 Å². The van der Waals surface area contributed by atoms with E-state index in [-0.39, 0.29) is 47.1 Å². The summed E-state index contributed by atoms with van der Waals surface area (Å²) in [5, 5.41) is 1.07. The molecule has 5 rings (SSSR count). The van der Waals surface area contributed by atoms with E-state index in [1.54, 1.807) is 12.4 Å². The molecule has 9 heteroatoms. The number of quaternary nitrogens is 1. The fourth-order valence-electron chi connectivity index (χ4n) is 5.00. The highest BCUT2D eigenvalue weighted by Crippen LogP contribution is 2.29. The van der Waals surface area contributed by atoms with Crippen molar-refractivity contribution in [2.24, 2.45) is 5.92 Å². The molecule has 7 nitrogen and oxygen atoms in total. The molecule has 2 saturated heterocycles. The van der Waals surface area contributed by atoms with Crippen LogP contribution in [0.5, 0.6) is 0 Å². The summed E-state index contributed by atoms with van der Waals surface area (Å²) in [4.78, 5) is 36.3. The van der Waals surface area contributed by atoms with Gasteiger partial charge in [-0.25, -0.2) is 4.79 Å². The molecule has 0 bridgehead atoms. The first-order valence-corrected chi connectivity index (χ1v) is 11.1. The molecule has 2 amide bonds. The summed E-state index contributed by atoms with van der Waals surface area (Å²) in [5.41, 5.74) is 5.78. The molecule has 2 fully saturated rings. The summed E-state index contributed by atoms with van der Waals surface area (Å²) in [6.07, 6.45) is 9.00. The number of hydrogen-bond donors (Lipinski definition) is 2. The lowest BCUT2D eigenvalue weighted by molar-refractivity contribution is -0.878. The van der Waals surface area contributed by atoms with Crippen molar-refractivity contribution in [3.8, 4) is 0 Å². The molecule has 33 heavy (non-hydrogen) atoms. The molecule has 2 N–H and O–H groups in total. The predicted molar refractivity (Wildman–Crippen MR) is 134 cm³/mol. The molecule has 0 unspecified atom stereocenters. The highest BCUT2D eigenvalue weighted by atomic mass is 35.5. The zero-order valence-electron chi connectivity index (χ0n) is 18.4. The van der Waals surface area contributed by atoms with Gasteiger partial charge in [-0.1, -0.05) is 6.07 Å². The molecule has 0 spiro atoms. The van der Waals surface area contributed by atoms with Crippen LogP contribution in [0, 0.1) is 5.92 Å². The van der Waals surface area contributed by atoms with Gasteiger partial charge < -0.3 is 9.88 Å². The highest BCUT2D eigenvalue weighted by molar-refractivity contribution is 5.97. The van der Waals surface area contributed by atoms with E-state index in [9.17, 15) is 9.59 Å². The minimum absolute atomic E-state index is 0. The topological polar surface area (TPSA) is 78.1 Å². The van der Waals surface area contributed by atoms with Gasteiger partial charge in [0.25, 0.3) is 5.91 Å². The number of H-pyrrole nitrogens is 1. The zero-order valence-corrected chi connectivity index (χ0v) is 20.0. The first kappa shape index (κ1) is 25.0. The second-order valence-corrected chi connectivity index (χ2v) is 8.65. The number of carbonyl (C=O) groups is 2. The summed E-state index contributed by atoms with van der Waals surface area (Å²) in [6.45, 7) is 3.05. The SMILES string of the molecule is Cl.Cl.O=C(N[N+]1(C(=O)C2CCN(c3ccncc3)CC2)CCCC1)c1ccc2cc[nH]c2c1. The Kier molecular flexibility index (Phi) is 8.00. The van der Waals surface area contributed by atoms with Crippen LogP contribution in [0.25, 0.3) is 10.9 Å². The Hall–Kier alpha value is -2.61. The molecule has 0 aliphatic carbocycles. The number of carbonyl (C=O) groups excluding carboxylic acids is 2. The van der Waals surface area contributed by atoms with E-state index in [1.165, 1.54) is 0 Å². The Labute approximate surface area is 205 Å². The summed E-state index contributed by atoms with van der Waals surface area (Å²) in [6, 6.07) is 11.6. The number of anilines is 1. The summed E-state index contributed by atoms with van der Waals surface area (Å²) >= 11 is 0. The van der Waals surface area contributed by atoms with Gasteiger partial charge in [-0.15, -0.1) is 24.8 Å². The van der Waals surface area contributed by atoms with Gasteiger partial charge in [-0.2, -0.15) is 10.0 Å². The van der Waals surface area contributed by atoms with Gasteiger partial charge in [0.15, 0.2) is 0 Å². The van der Waals surface area contributed by atoms with Crippen molar-refractivity contribution in [3.05, 3.63) is 60.6 Å². The lowest BCUT2D eigenvalue weighted by atomic mass is 9.94. The number of likely N-dealkylation sites (tertiary alicyclic amines) is 1. The Morgan fingerprint density at radius 2 is 1.70 bits per heavy atom. The van der Waals surface area contributed by atoms with Crippen LogP contribution in [-0.2, 0) is 4.79 Å². The van der Waals surface area contributed by atoms with E-state index >= 15 is 0 Å². The number of nitrogens with zero attached hydrogens (tertiary/aromatic N) is 3. The van der Waals surface area contributed by atoms with Crippen LogP contribution in [0.1, 0.15) is 36.0 Å². The van der Waals surface area contributed by atoms with Crippen molar-refractivity contribution in [1.29, 1.82) is 0 Å². The van der Waals surface area contributed by atoms with E-state index in [2.05, 4.69) is 20.3 Å². The molecular formula is C24H30Cl2N5O2+. The molecule has 2 aliphatic rings. The standard InChI is InChI=1S/C24H27N5O2.2ClH/c30-23(20-4-3-18-5-12-26-22(18)17-20)27-29(15-1-2-16-29)24(31)19-8-13-28(14-9-19)21-6-10-25-11-7-21;;/h3-7,10-12,17,19H,1-2,8-9,13-16H2,(H-,26,27,30);2*1H/p+1. The first-order chi connectivity index (χ1) is 15.1. The average Bonchev–Trinajstić information content (AvgIpc) is 3.49. The van der Waals surface area contributed by atoms with Gasteiger partial charge in [0.05, 0.1) is 5.92 Å². The molecule has 2 aromatic heterocycles. The number of rotatable bonds is 3. The lowest BCUT2D eigenvalue weighted by Crippen LogP contribution is -2.64. The van der Waals surface area contributed by atoms with Gasteiger partial charge in [0.1, 0.15) is 13.1 Å². The molecule has 4 heterocycles. The largest absolute Gasteiger partial charge is 0.371 e. The van der Waals surface area contributed by atoms with Crippen molar-refractivity contribution in [2.45, 2.75) is 25.7 Å². The van der Waals surface area contributed by atoms with Gasteiger partial charge in [-0.3, -0.25) is 9.78 Å². The van der Waals surface area contributed by atoms with Crippen LogP contribution >= 0.6 is 24.8 Å². The maximum Gasteiger partial charge on any atom is 0.341 e. The third-order valence-electron chi connectivity index (χ3n) is 6.76. The number of halogens is 2. The Balaban J connectivity index is 0.00000153. The van der Waals surface area contributed by atoms with Gasteiger partial charge in [-0.05, 0) is 48.6 Å². The number of aromatic nitrogens is 2. The molecule has 0 saturated carbocycles. The molecule has 176 valence electrons. The predicted octanol–water partition coefficient (Wildman–Crippen LogP) is 4.11. The van der Waals surface area contributed by atoms with E-state index in [0.717, 1.165) is 55.4 Å². The van der Waals surface area contributed by atoms with Gasteiger partial charge >= 0.3 is 5.91 Å². The monoisotopic (exact) mass is 490 g/mol. The van der Waals surface area contributed by atoms with Crippen LogP contribution < -0.4 is 10.3 Å². The van der Waals surface area contributed by atoms with E-state index in [0.29, 0.717) is 18.7 Å². The quantitative estimate of drug-likeness (QED) is 0.541. The van der Waals surface area contributed by atoms with Crippen LogP contribution in [-0.4, -0.2) is 52.6 Å². The van der Waals surface area contributed by atoms with Crippen molar-refractivity contribution >= 4 is 53.2 Å². The number of aromatic amines is 1. The Morgan fingerprint density at radius 3 is 2.39 bits per heavy atom. The Morgan fingerprint density at radius 1 is 1.00 bits per heavy atom. The van der Waals surface area contributed by atoms with Gasteiger partial charge in [0.2, 0.25) is 0 Å². The van der Waals surface area contributed by atoms with Crippen LogP contribution in [0.15, 0.2) is 55.0 Å². The average molecular weight is 491 g/mol. The van der Waals surface area contributed by atoms with E-state index in [1.807, 2.05) is 42.6 Å². The highest BCUT2D eigenvalue weighted by Gasteiger charge is 2.46. The van der Waals surface area contributed by atoms with Gasteiger partial charge in [0, 0.05) is 61.3 Å². The maximum absolute atomic E-state index is 13.6. The van der Waals surface area contributed by atoms with Crippen LogP contribution in [0.2, 0.25) is 0 Å². The molecule has 0 radical (unpaired) electrons. The minimum atomic E-state index is -0.180. The molecule has 3 aromatic rings. The van der Waals surface area contributed by atoms with Crippen molar-refractivity contribution in [2.75, 3.05) is 31.1 Å².